The molecule has 1 atom stereocenters. The lowest BCUT2D eigenvalue weighted by molar-refractivity contribution is 0.684. The van der Waals surface area contributed by atoms with E-state index in [0.29, 0.717) is 0 Å². The van der Waals surface area contributed by atoms with Gasteiger partial charge in [0, 0.05) is 11.2 Å². The van der Waals surface area contributed by atoms with Crippen molar-refractivity contribution in [2.24, 2.45) is 0 Å². The highest BCUT2D eigenvalue weighted by Gasteiger charge is 2.07. The maximum absolute atomic E-state index is 11.7. The van der Waals surface area contributed by atoms with Crippen molar-refractivity contribution in [3.63, 3.8) is 0 Å². The maximum atomic E-state index is 11.7. The van der Waals surface area contributed by atoms with Crippen molar-refractivity contribution < 1.29 is 4.21 Å². The van der Waals surface area contributed by atoms with E-state index >= 15 is 0 Å². The van der Waals surface area contributed by atoms with Gasteiger partial charge in [-0.25, -0.2) is 0 Å². The van der Waals surface area contributed by atoms with Crippen molar-refractivity contribution in [1.82, 2.24) is 0 Å². The lowest BCUT2D eigenvalue weighted by Gasteiger charge is -2.09. The van der Waals surface area contributed by atoms with Crippen molar-refractivity contribution in [2.75, 3.05) is 6.26 Å². The molecular formula is C10H14OS. The second-order valence-electron chi connectivity index (χ2n) is 3.23. The third-order valence-corrected chi connectivity index (χ3v) is 3.35. The Hall–Kier alpha value is -0.760. The molecule has 0 saturated carbocycles. The third-order valence-electron chi connectivity index (χ3n) is 1.84. The summed E-state index contributed by atoms with van der Waals surface area (Å²) in [4.78, 5) is 0.907. The second-order valence-corrected chi connectivity index (χ2v) is 5.64. The van der Waals surface area contributed by atoms with Gasteiger partial charge in [0.25, 0.3) is 0 Å². The van der Waals surface area contributed by atoms with E-state index in [1.165, 1.54) is 0 Å². The highest BCUT2D eigenvalue weighted by Crippen LogP contribution is 2.18. The molecule has 0 heterocycles. The molecular weight excluding hydrogens is 168 g/mol. The van der Waals surface area contributed by atoms with Crippen LogP contribution in [0.15, 0.2) is 23.1 Å². The minimum atomic E-state index is -2.06. The fourth-order valence-electron chi connectivity index (χ4n) is 1.48. The number of aryl methyl sites for hydroxylation is 2. The standard InChI is InChI=1S/C10H14OS/c1-8-6-5-7-9(2)10(8)12(3,4)11/h5-7H,3H2,1-2,4H3. The van der Waals surface area contributed by atoms with Gasteiger partial charge >= 0.3 is 0 Å². The van der Waals surface area contributed by atoms with Gasteiger partial charge in [-0.15, -0.1) is 0 Å². The first kappa shape index (κ1) is 9.33. The van der Waals surface area contributed by atoms with Crippen LogP contribution in [0.3, 0.4) is 0 Å². The molecule has 0 aliphatic carbocycles. The molecule has 0 bridgehead atoms. The Bertz CT molecular complexity index is 368. The fourth-order valence-corrected chi connectivity index (χ4v) is 2.98. The van der Waals surface area contributed by atoms with Gasteiger partial charge in [-0.05, 0) is 40.4 Å². The average molecular weight is 182 g/mol. The van der Waals surface area contributed by atoms with Crippen molar-refractivity contribution >= 4 is 15.4 Å². The monoisotopic (exact) mass is 182 g/mol. The molecule has 1 rings (SSSR count). The topological polar surface area (TPSA) is 17.1 Å². The maximum Gasteiger partial charge on any atom is 0.0360 e. The summed E-state index contributed by atoms with van der Waals surface area (Å²) in [5, 5.41) is 0. The Morgan fingerprint density at radius 1 is 1.25 bits per heavy atom. The average Bonchev–Trinajstić information content (AvgIpc) is 1.82. The zero-order valence-corrected chi connectivity index (χ0v) is 8.57. The zero-order chi connectivity index (χ0) is 9.35. The van der Waals surface area contributed by atoms with Crippen LogP contribution in [0.5, 0.6) is 0 Å². The first-order valence-corrected chi connectivity index (χ1v) is 5.95. The van der Waals surface area contributed by atoms with Gasteiger partial charge in [0.15, 0.2) is 0 Å². The molecule has 66 valence electrons. The quantitative estimate of drug-likeness (QED) is 0.607. The van der Waals surface area contributed by atoms with E-state index in [9.17, 15) is 4.21 Å². The molecule has 12 heavy (non-hydrogen) atoms. The minimum absolute atomic E-state index is 0.907. The van der Waals surface area contributed by atoms with Crippen molar-refractivity contribution in [3.05, 3.63) is 29.3 Å². The summed E-state index contributed by atoms with van der Waals surface area (Å²) < 4.78 is 11.7. The van der Waals surface area contributed by atoms with Crippen LogP contribution in [0.2, 0.25) is 0 Å². The van der Waals surface area contributed by atoms with Gasteiger partial charge in [-0.3, -0.25) is 4.21 Å². The predicted octanol–water partition coefficient (Wildman–Crippen LogP) is 2.01. The minimum Gasteiger partial charge on any atom is -0.263 e. The highest BCUT2D eigenvalue weighted by molar-refractivity contribution is 7.99. The first-order chi connectivity index (χ1) is 5.43. The van der Waals surface area contributed by atoms with Crippen molar-refractivity contribution in [2.45, 2.75) is 18.7 Å². The van der Waals surface area contributed by atoms with E-state index in [4.69, 9.17) is 0 Å². The molecule has 0 aromatic heterocycles. The normalized spacial score (nSPS) is 15.6. The number of hydrogen-bond donors (Lipinski definition) is 0. The van der Waals surface area contributed by atoms with Crippen LogP contribution in [0.1, 0.15) is 11.1 Å². The van der Waals surface area contributed by atoms with Gasteiger partial charge < -0.3 is 0 Å². The molecule has 0 radical (unpaired) electrons. The lowest BCUT2D eigenvalue weighted by atomic mass is 10.2. The molecule has 0 saturated heterocycles. The van der Waals surface area contributed by atoms with E-state index in [2.05, 4.69) is 5.87 Å². The summed E-state index contributed by atoms with van der Waals surface area (Å²) in [6.07, 6.45) is 1.68. The second kappa shape index (κ2) is 2.94. The van der Waals surface area contributed by atoms with Crippen molar-refractivity contribution in [3.8, 4) is 0 Å². The summed E-state index contributed by atoms with van der Waals surface area (Å²) in [6.45, 7) is 3.94. The summed E-state index contributed by atoms with van der Waals surface area (Å²) in [5.74, 6) is 3.69. The molecule has 1 unspecified atom stereocenters. The molecule has 0 fully saturated rings. The Kier molecular flexibility index (Phi) is 2.29. The van der Waals surface area contributed by atoms with Crippen LogP contribution >= 0.6 is 0 Å². The Morgan fingerprint density at radius 2 is 1.67 bits per heavy atom. The smallest absolute Gasteiger partial charge is 0.0360 e. The van der Waals surface area contributed by atoms with E-state index < -0.39 is 9.52 Å². The van der Waals surface area contributed by atoms with Gasteiger partial charge in [-0.1, -0.05) is 18.2 Å². The summed E-state index contributed by atoms with van der Waals surface area (Å²) in [7, 11) is -2.06. The summed E-state index contributed by atoms with van der Waals surface area (Å²) in [5.41, 5.74) is 2.13. The number of hydrogen-bond acceptors (Lipinski definition) is 1. The Morgan fingerprint density at radius 3 is 1.92 bits per heavy atom. The van der Waals surface area contributed by atoms with Crippen molar-refractivity contribution in [1.29, 1.82) is 0 Å². The molecule has 1 aromatic rings. The lowest BCUT2D eigenvalue weighted by Crippen LogP contribution is -2.01. The summed E-state index contributed by atoms with van der Waals surface area (Å²) in [6, 6.07) is 5.91. The number of benzene rings is 1. The molecule has 2 heteroatoms. The molecule has 0 N–H and O–H groups in total. The molecule has 0 aliphatic rings. The van der Waals surface area contributed by atoms with Gasteiger partial charge in [0.1, 0.15) is 0 Å². The van der Waals surface area contributed by atoms with Crippen LogP contribution in [-0.4, -0.2) is 16.3 Å². The molecule has 1 aromatic carbocycles. The van der Waals surface area contributed by atoms with Gasteiger partial charge in [-0.2, -0.15) is 0 Å². The highest BCUT2D eigenvalue weighted by atomic mass is 32.2. The fraction of sp³-hybridized carbons (Fsp3) is 0.300. The van der Waals surface area contributed by atoms with Crippen LogP contribution in [-0.2, 0) is 9.52 Å². The van der Waals surface area contributed by atoms with E-state index in [-0.39, 0.29) is 0 Å². The van der Waals surface area contributed by atoms with Crippen LogP contribution < -0.4 is 0 Å². The van der Waals surface area contributed by atoms with E-state index in [1.807, 2.05) is 32.0 Å². The first-order valence-electron chi connectivity index (χ1n) is 3.81. The van der Waals surface area contributed by atoms with Crippen LogP contribution in [0.4, 0.5) is 0 Å². The van der Waals surface area contributed by atoms with Crippen LogP contribution in [0, 0.1) is 13.8 Å². The molecule has 1 nitrogen and oxygen atoms in total. The zero-order valence-electron chi connectivity index (χ0n) is 7.76. The Balaban J connectivity index is 3.53. The van der Waals surface area contributed by atoms with E-state index in [1.54, 1.807) is 6.26 Å². The van der Waals surface area contributed by atoms with E-state index in [0.717, 1.165) is 16.0 Å². The third kappa shape index (κ3) is 1.69. The number of rotatable bonds is 1. The molecule has 0 amide bonds. The van der Waals surface area contributed by atoms with Crippen LogP contribution in [0.25, 0.3) is 0 Å². The Labute approximate surface area is 74.4 Å². The van der Waals surface area contributed by atoms with Gasteiger partial charge in [0.05, 0.1) is 0 Å². The van der Waals surface area contributed by atoms with Gasteiger partial charge in [0.2, 0.25) is 0 Å². The largest absolute Gasteiger partial charge is 0.263 e. The molecule has 0 spiro atoms. The predicted molar refractivity (Wildman–Crippen MR) is 55.4 cm³/mol. The molecule has 0 aliphatic heterocycles. The summed E-state index contributed by atoms with van der Waals surface area (Å²) >= 11 is 0. The SMILES string of the molecule is C=S(C)(=O)c1c(C)cccc1C.